The molecule has 4 heteroatoms. The first-order valence-electron chi connectivity index (χ1n) is 4.29. The first-order chi connectivity index (χ1) is 6.06. The van der Waals surface area contributed by atoms with Crippen LogP contribution in [0, 0.1) is 0 Å². The lowest BCUT2D eigenvalue weighted by Gasteiger charge is -1.94. The van der Waals surface area contributed by atoms with Crippen LogP contribution in [0.15, 0.2) is 4.42 Å². The van der Waals surface area contributed by atoms with Crippen molar-refractivity contribution in [2.75, 3.05) is 0 Å². The van der Waals surface area contributed by atoms with E-state index in [-0.39, 0.29) is 11.6 Å². The van der Waals surface area contributed by atoms with E-state index in [1.807, 2.05) is 20.8 Å². The molecule has 0 radical (unpaired) electrons. The summed E-state index contributed by atoms with van der Waals surface area (Å²) in [5, 5.41) is 8.77. The van der Waals surface area contributed by atoms with Crippen LogP contribution in [0.3, 0.4) is 0 Å². The lowest BCUT2D eigenvalue weighted by Crippen LogP contribution is -2.00. The van der Waals surface area contributed by atoms with Crippen molar-refractivity contribution in [2.45, 2.75) is 33.1 Å². The van der Waals surface area contributed by atoms with E-state index in [0.29, 0.717) is 18.1 Å². The minimum absolute atomic E-state index is 0.0474. The summed E-state index contributed by atoms with van der Waals surface area (Å²) >= 11 is 0. The number of aromatic carboxylic acids is 1. The molecule has 0 fully saturated rings. The van der Waals surface area contributed by atoms with E-state index in [2.05, 4.69) is 4.98 Å². The fourth-order valence-electron chi connectivity index (χ4n) is 1.02. The Bertz CT molecular complexity index is 315. The largest absolute Gasteiger partial charge is 0.476 e. The molecule has 72 valence electrons. The average Bonchev–Trinajstić information content (AvgIpc) is 2.47. The van der Waals surface area contributed by atoms with Gasteiger partial charge in [-0.2, -0.15) is 0 Å². The number of hydrogen-bond acceptors (Lipinski definition) is 3. The zero-order valence-electron chi connectivity index (χ0n) is 8.00. The predicted molar refractivity (Wildman–Crippen MR) is 46.9 cm³/mol. The Morgan fingerprint density at radius 1 is 1.62 bits per heavy atom. The summed E-state index contributed by atoms with van der Waals surface area (Å²) in [7, 11) is 0. The van der Waals surface area contributed by atoms with E-state index in [4.69, 9.17) is 9.52 Å². The van der Waals surface area contributed by atoms with Crippen LogP contribution in [0.2, 0.25) is 0 Å². The number of nitrogens with zero attached hydrogens (tertiary/aromatic N) is 1. The summed E-state index contributed by atoms with van der Waals surface area (Å²) in [4.78, 5) is 14.6. The maximum absolute atomic E-state index is 10.7. The van der Waals surface area contributed by atoms with Gasteiger partial charge in [0.15, 0.2) is 11.6 Å². The van der Waals surface area contributed by atoms with E-state index in [0.717, 1.165) is 0 Å². The Kier molecular flexibility index (Phi) is 2.70. The number of carboxylic acid groups (broad SMARTS) is 1. The Morgan fingerprint density at radius 3 is 2.54 bits per heavy atom. The van der Waals surface area contributed by atoms with Crippen LogP contribution in [-0.2, 0) is 6.42 Å². The van der Waals surface area contributed by atoms with Gasteiger partial charge in [-0.15, -0.1) is 0 Å². The topological polar surface area (TPSA) is 63.3 Å². The average molecular weight is 183 g/mol. The van der Waals surface area contributed by atoms with Gasteiger partial charge in [-0.1, -0.05) is 20.8 Å². The van der Waals surface area contributed by atoms with E-state index in [1.165, 1.54) is 0 Å². The molecule has 0 aliphatic rings. The number of carboxylic acids is 1. The third kappa shape index (κ3) is 1.88. The lowest BCUT2D eigenvalue weighted by molar-refractivity contribution is 0.0689. The fourth-order valence-corrected chi connectivity index (χ4v) is 1.02. The quantitative estimate of drug-likeness (QED) is 0.779. The second-order valence-corrected chi connectivity index (χ2v) is 3.14. The van der Waals surface area contributed by atoms with Gasteiger partial charge in [0.2, 0.25) is 0 Å². The first-order valence-corrected chi connectivity index (χ1v) is 4.29. The Balaban J connectivity index is 3.11. The molecule has 1 N–H and O–H groups in total. The molecule has 13 heavy (non-hydrogen) atoms. The number of carbonyl (C=O) groups is 1. The summed E-state index contributed by atoms with van der Waals surface area (Å²) < 4.78 is 5.29. The first kappa shape index (κ1) is 9.77. The van der Waals surface area contributed by atoms with E-state index >= 15 is 0 Å². The van der Waals surface area contributed by atoms with Crippen molar-refractivity contribution in [1.82, 2.24) is 4.98 Å². The van der Waals surface area contributed by atoms with Crippen LogP contribution in [0.4, 0.5) is 0 Å². The molecule has 1 aromatic heterocycles. The van der Waals surface area contributed by atoms with Gasteiger partial charge >= 0.3 is 5.97 Å². The monoisotopic (exact) mass is 183 g/mol. The number of oxazole rings is 1. The second-order valence-electron chi connectivity index (χ2n) is 3.14. The summed E-state index contributed by atoms with van der Waals surface area (Å²) in [5.74, 6) is 0.0522. The standard InChI is InChI=1S/C9H13NO3/c1-4-6-7(9(11)12)10-8(13-6)5(2)3/h5H,4H2,1-3H3,(H,11,12). The van der Waals surface area contributed by atoms with Crippen molar-refractivity contribution in [3.8, 4) is 0 Å². The normalized spacial score (nSPS) is 10.8. The molecule has 0 atom stereocenters. The number of rotatable bonds is 3. The summed E-state index contributed by atoms with van der Waals surface area (Å²) in [6, 6.07) is 0. The van der Waals surface area contributed by atoms with Gasteiger partial charge in [-0.25, -0.2) is 9.78 Å². The fraction of sp³-hybridized carbons (Fsp3) is 0.556. The molecule has 1 aromatic rings. The van der Waals surface area contributed by atoms with Gasteiger partial charge in [0, 0.05) is 12.3 Å². The van der Waals surface area contributed by atoms with Crippen molar-refractivity contribution in [3.63, 3.8) is 0 Å². The molecule has 0 aromatic carbocycles. The summed E-state index contributed by atoms with van der Waals surface area (Å²) in [6.07, 6.45) is 0.557. The highest BCUT2D eigenvalue weighted by Gasteiger charge is 2.18. The second kappa shape index (κ2) is 3.60. The Labute approximate surface area is 76.6 Å². The number of aryl methyl sites for hydroxylation is 1. The molecule has 0 aliphatic heterocycles. The van der Waals surface area contributed by atoms with Gasteiger partial charge < -0.3 is 9.52 Å². The lowest BCUT2D eigenvalue weighted by atomic mass is 10.2. The van der Waals surface area contributed by atoms with Crippen molar-refractivity contribution in [3.05, 3.63) is 17.3 Å². The highest BCUT2D eigenvalue weighted by molar-refractivity contribution is 5.86. The number of aromatic nitrogens is 1. The maximum Gasteiger partial charge on any atom is 0.358 e. The molecule has 0 spiro atoms. The molecule has 0 bridgehead atoms. The van der Waals surface area contributed by atoms with Crippen molar-refractivity contribution >= 4 is 5.97 Å². The molecule has 4 nitrogen and oxygen atoms in total. The third-order valence-electron chi connectivity index (χ3n) is 1.73. The van der Waals surface area contributed by atoms with Crippen LogP contribution in [-0.4, -0.2) is 16.1 Å². The highest BCUT2D eigenvalue weighted by atomic mass is 16.4. The summed E-state index contributed by atoms with van der Waals surface area (Å²) in [5.41, 5.74) is 0.0474. The van der Waals surface area contributed by atoms with E-state index < -0.39 is 5.97 Å². The van der Waals surface area contributed by atoms with Crippen molar-refractivity contribution in [2.24, 2.45) is 0 Å². The molecule has 0 amide bonds. The molecule has 1 rings (SSSR count). The van der Waals surface area contributed by atoms with Crippen LogP contribution in [0.1, 0.15) is 48.8 Å². The Hall–Kier alpha value is -1.32. The SMILES string of the molecule is CCc1oc(C(C)C)nc1C(=O)O. The van der Waals surface area contributed by atoms with Crippen LogP contribution in [0.5, 0.6) is 0 Å². The summed E-state index contributed by atoms with van der Waals surface area (Å²) in [6.45, 7) is 5.67. The van der Waals surface area contributed by atoms with Crippen LogP contribution >= 0.6 is 0 Å². The predicted octanol–water partition coefficient (Wildman–Crippen LogP) is 2.06. The minimum Gasteiger partial charge on any atom is -0.476 e. The van der Waals surface area contributed by atoms with Gasteiger partial charge in [0.1, 0.15) is 5.76 Å². The maximum atomic E-state index is 10.7. The molecule has 0 aliphatic carbocycles. The minimum atomic E-state index is -1.02. The van der Waals surface area contributed by atoms with Crippen LogP contribution in [0.25, 0.3) is 0 Å². The zero-order chi connectivity index (χ0) is 10.0. The van der Waals surface area contributed by atoms with Gasteiger partial charge in [0.25, 0.3) is 0 Å². The van der Waals surface area contributed by atoms with Gasteiger partial charge in [-0.3, -0.25) is 0 Å². The molecular weight excluding hydrogens is 170 g/mol. The van der Waals surface area contributed by atoms with Crippen molar-refractivity contribution < 1.29 is 14.3 Å². The van der Waals surface area contributed by atoms with Gasteiger partial charge in [-0.05, 0) is 0 Å². The Morgan fingerprint density at radius 2 is 2.23 bits per heavy atom. The van der Waals surface area contributed by atoms with E-state index in [1.54, 1.807) is 0 Å². The van der Waals surface area contributed by atoms with Crippen molar-refractivity contribution in [1.29, 1.82) is 0 Å². The molecule has 0 unspecified atom stereocenters. The zero-order valence-corrected chi connectivity index (χ0v) is 8.00. The molecular formula is C9H13NO3. The highest BCUT2D eigenvalue weighted by Crippen LogP contribution is 2.18. The van der Waals surface area contributed by atoms with Crippen LogP contribution < -0.4 is 0 Å². The molecule has 1 heterocycles. The van der Waals surface area contributed by atoms with E-state index in [9.17, 15) is 4.79 Å². The number of hydrogen-bond donors (Lipinski definition) is 1. The third-order valence-corrected chi connectivity index (χ3v) is 1.73. The molecule has 0 saturated heterocycles. The molecule has 0 saturated carbocycles. The smallest absolute Gasteiger partial charge is 0.358 e. The van der Waals surface area contributed by atoms with Gasteiger partial charge in [0.05, 0.1) is 0 Å².